The van der Waals surface area contributed by atoms with E-state index in [1.165, 1.54) is 23.8 Å². The SMILES string of the molecule is CC(=O)c1ccc(C(=O)N2CCN(c3cc(Cl)ccc3C)CC2)s1. The van der Waals surface area contributed by atoms with E-state index in [9.17, 15) is 9.59 Å². The molecule has 126 valence electrons. The Bertz CT molecular complexity index is 779. The van der Waals surface area contributed by atoms with Crippen molar-refractivity contribution < 1.29 is 9.59 Å². The van der Waals surface area contributed by atoms with E-state index in [-0.39, 0.29) is 11.7 Å². The average Bonchev–Trinajstić information content (AvgIpc) is 3.07. The molecule has 1 fully saturated rings. The lowest BCUT2D eigenvalue weighted by atomic mass is 10.1. The molecule has 0 radical (unpaired) electrons. The number of ketones is 1. The first-order valence-corrected chi connectivity index (χ1v) is 9.06. The van der Waals surface area contributed by atoms with Gasteiger partial charge >= 0.3 is 0 Å². The molecule has 1 saturated heterocycles. The van der Waals surface area contributed by atoms with Crippen LogP contribution in [0, 0.1) is 6.92 Å². The van der Waals surface area contributed by atoms with E-state index >= 15 is 0 Å². The van der Waals surface area contributed by atoms with Gasteiger partial charge in [-0.1, -0.05) is 17.7 Å². The molecule has 2 aromatic rings. The highest BCUT2D eigenvalue weighted by Crippen LogP contribution is 2.26. The summed E-state index contributed by atoms with van der Waals surface area (Å²) in [6.45, 7) is 6.47. The van der Waals surface area contributed by atoms with E-state index in [0.717, 1.165) is 23.8 Å². The molecule has 1 aliphatic heterocycles. The first-order chi connectivity index (χ1) is 11.5. The number of anilines is 1. The predicted octanol–water partition coefficient (Wildman–Crippen LogP) is 3.87. The predicted molar refractivity (Wildman–Crippen MR) is 98.6 cm³/mol. The van der Waals surface area contributed by atoms with Gasteiger partial charge < -0.3 is 9.80 Å². The molecule has 0 bridgehead atoms. The normalized spacial score (nSPS) is 14.8. The van der Waals surface area contributed by atoms with E-state index in [4.69, 9.17) is 11.6 Å². The largest absolute Gasteiger partial charge is 0.368 e. The van der Waals surface area contributed by atoms with Crippen LogP contribution in [0.5, 0.6) is 0 Å². The van der Waals surface area contributed by atoms with Crippen LogP contribution in [-0.4, -0.2) is 42.8 Å². The van der Waals surface area contributed by atoms with E-state index in [2.05, 4.69) is 11.8 Å². The third kappa shape index (κ3) is 3.47. The maximum Gasteiger partial charge on any atom is 0.264 e. The van der Waals surface area contributed by atoms with Crippen LogP contribution in [0.1, 0.15) is 31.8 Å². The quantitative estimate of drug-likeness (QED) is 0.778. The molecule has 6 heteroatoms. The van der Waals surface area contributed by atoms with Gasteiger partial charge in [-0.2, -0.15) is 0 Å². The third-order valence-corrected chi connectivity index (χ3v) is 5.65. The van der Waals surface area contributed by atoms with Crippen LogP contribution < -0.4 is 4.90 Å². The summed E-state index contributed by atoms with van der Waals surface area (Å²) in [6, 6.07) is 9.36. The summed E-state index contributed by atoms with van der Waals surface area (Å²) in [5.74, 6) is 0.00951. The number of rotatable bonds is 3. The monoisotopic (exact) mass is 362 g/mol. The fraction of sp³-hybridized carbons (Fsp3) is 0.333. The lowest BCUT2D eigenvalue weighted by molar-refractivity contribution is 0.0751. The summed E-state index contributed by atoms with van der Waals surface area (Å²) in [5, 5.41) is 0.726. The van der Waals surface area contributed by atoms with E-state index < -0.39 is 0 Å². The number of amides is 1. The molecule has 1 aromatic carbocycles. The average molecular weight is 363 g/mol. The summed E-state index contributed by atoms with van der Waals surface area (Å²) in [5.41, 5.74) is 2.31. The molecule has 1 aromatic heterocycles. The molecule has 0 unspecified atom stereocenters. The van der Waals surface area contributed by atoms with E-state index in [0.29, 0.717) is 22.8 Å². The number of carbonyl (C=O) groups excluding carboxylic acids is 2. The number of hydrogen-bond acceptors (Lipinski definition) is 4. The zero-order valence-corrected chi connectivity index (χ0v) is 15.3. The molecular weight excluding hydrogens is 344 g/mol. The van der Waals surface area contributed by atoms with Gasteiger partial charge in [0.2, 0.25) is 0 Å². The molecule has 1 aliphatic rings. The van der Waals surface area contributed by atoms with Crippen molar-refractivity contribution in [3.63, 3.8) is 0 Å². The number of halogens is 1. The minimum atomic E-state index is 0.000279. The highest BCUT2D eigenvalue weighted by Gasteiger charge is 2.24. The van der Waals surface area contributed by atoms with Gasteiger partial charge in [-0.05, 0) is 43.7 Å². The second-order valence-corrected chi connectivity index (χ2v) is 7.45. The lowest BCUT2D eigenvalue weighted by Crippen LogP contribution is -2.48. The number of piperazine rings is 1. The number of Topliss-reactive ketones (excluding diaryl/α,β-unsaturated/α-hetero) is 1. The van der Waals surface area contributed by atoms with Crippen molar-refractivity contribution in [1.29, 1.82) is 0 Å². The molecule has 24 heavy (non-hydrogen) atoms. The van der Waals surface area contributed by atoms with Crippen molar-refractivity contribution >= 4 is 40.3 Å². The molecule has 3 rings (SSSR count). The molecule has 0 atom stereocenters. The Morgan fingerprint density at radius 1 is 1.04 bits per heavy atom. The Kier molecular flexibility index (Phi) is 4.92. The molecule has 0 aliphatic carbocycles. The number of benzene rings is 1. The van der Waals surface area contributed by atoms with Crippen LogP contribution >= 0.6 is 22.9 Å². The zero-order valence-electron chi connectivity index (χ0n) is 13.7. The van der Waals surface area contributed by atoms with Crippen molar-refractivity contribution in [2.24, 2.45) is 0 Å². The number of thiophene rings is 1. The van der Waals surface area contributed by atoms with Crippen molar-refractivity contribution in [3.8, 4) is 0 Å². The number of aryl methyl sites for hydroxylation is 1. The van der Waals surface area contributed by atoms with Crippen molar-refractivity contribution in [1.82, 2.24) is 4.90 Å². The third-order valence-electron chi connectivity index (χ3n) is 4.24. The molecule has 2 heterocycles. The smallest absolute Gasteiger partial charge is 0.264 e. The highest BCUT2D eigenvalue weighted by molar-refractivity contribution is 7.15. The van der Waals surface area contributed by atoms with Crippen LogP contribution in [0.3, 0.4) is 0 Å². The van der Waals surface area contributed by atoms with Crippen LogP contribution in [0.25, 0.3) is 0 Å². The van der Waals surface area contributed by atoms with Crippen LogP contribution in [0.15, 0.2) is 30.3 Å². The van der Waals surface area contributed by atoms with Crippen LogP contribution in [0.4, 0.5) is 5.69 Å². The first kappa shape index (κ1) is 17.0. The Balaban J connectivity index is 1.67. The zero-order chi connectivity index (χ0) is 17.3. The minimum Gasteiger partial charge on any atom is -0.368 e. The summed E-state index contributed by atoms with van der Waals surface area (Å²) >= 11 is 7.38. The molecule has 4 nitrogen and oxygen atoms in total. The summed E-state index contributed by atoms with van der Waals surface area (Å²) in [6.07, 6.45) is 0. The lowest BCUT2D eigenvalue weighted by Gasteiger charge is -2.36. The van der Waals surface area contributed by atoms with Gasteiger partial charge in [0.1, 0.15) is 0 Å². The fourth-order valence-electron chi connectivity index (χ4n) is 2.87. The fourth-order valence-corrected chi connectivity index (χ4v) is 3.91. The molecule has 1 amide bonds. The number of nitrogens with zero attached hydrogens (tertiary/aromatic N) is 2. The second-order valence-electron chi connectivity index (χ2n) is 5.93. The van der Waals surface area contributed by atoms with Gasteiger partial charge in [-0.3, -0.25) is 9.59 Å². The van der Waals surface area contributed by atoms with Crippen LogP contribution in [-0.2, 0) is 0 Å². The van der Waals surface area contributed by atoms with Gasteiger partial charge in [0.05, 0.1) is 9.75 Å². The van der Waals surface area contributed by atoms with Gasteiger partial charge in [-0.15, -0.1) is 11.3 Å². The van der Waals surface area contributed by atoms with Crippen molar-refractivity contribution in [3.05, 3.63) is 50.7 Å². The van der Waals surface area contributed by atoms with E-state index in [1.807, 2.05) is 23.1 Å². The standard InChI is InChI=1S/C18H19ClN2O2S/c1-12-3-4-14(19)11-15(12)20-7-9-21(10-8-20)18(23)17-6-5-16(24-17)13(2)22/h3-6,11H,7-10H2,1-2H3. The van der Waals surface area contributed by atoms with Gasteiger partial charge in [0.15, 0.2) is 5.78 Å². The highest BCUT2D eigenvalue weighted by atomic mass is 35.5. The number of carbonyl (C=O) groups is 2. The Morgan fingerprint density at radius 3 is 2.33 bits per heavy atom. The topological polar surface area (TPSA) is 40.6 Å². The maximum absolute atomic E-state index is 12.6. The maximum atomic E-state index is 12.6. The summed E-state index contributed by atoms with van der Waals surface area (Å²) in [4.78, 5) is 29.4. The number of hydrogen-bond donors (Lipinski definition) is 0. The first-order valence-electron chi connectivity index (χ1n) is 7.87. The summed E-state index contributed by atoms with van der Waals surface area (Å²) in [7, 11) is 0. The van der Waals surface area contributed by atoms with Crippen molar-refractivity contribution in [2.45, 2.75) is 13.8 Å². The molecule has 0 N–H and O–H groups in total. The Hall–Kier alpha value is -1.85. The van der Waals surface area contributed by atoms with Crippen molar-refractivity contribution in [2.75, 3.05) is 31.1 Å². The van der Waals surface area contributed by atoms with Gasteiger partial charge in [-0.25, -0.2) is 0 Å². The molecular formula is C18H19ClN2O2S. The van der Waals surface area contributed by atoms with Crippen LogP contribution in [0.2, 0.25) is 5.02 Å². The van der Waals surface area contributed by atoms with Gasteiger partial charge in [0.25, 0.3) is 5.91 Å². The van der Waals surface area contributed by atoms with Gasteiger partial charge in [0, 0.05) is 36.9 Å². The Labute approximate surface area is 150 Å². The summed E-state index contributed by atoms with van der Waals surface area (Å²) < 4.78 is 0. The van der Waals surface area contributed by atoms with E-state index in [1.54, 1.807) is 12.1 Å². The second kappa shape index (κ2) is 6.95. The molecule has 0 spiro atoms. The Morgan fingerprint density at radius 2 is 1.71 bits per heavy atom. The minimum absolute atomic E-state index is 0.000279. The molecule has 0 saturated carbocycles.